The van der Waals surface area contributed by atoms with Gasteiger partial charge in [-0.25, -0.2) is 13.1 Å². The number of benzene rings is 1. The highest BCUT2D eigenvalue weighted by Gasteiger charge is 2.37. The van der Waals surface area contributed by atoms with Gasteiger partial charge in [-0.2, -0.15) is 0 Å². The van der Waals surface area contributed by atoms with E-state index < -0.39 is 15.6 Å². The van der Waals surface area contributed by atoms with Crippen molar-refractivity contribution in [2.75, 3.05) is 12.4 Å². The molecule has 0 atom stereocenters. The highest BCUT2D eigenvalue weighted by atomic mass is 35.5. The van der Waals surface area contributed by atoms with E-state index in [2.05, 4.69) is 10.0 Å². The zero-order chi connectivity index (χ0) is 17.4. The molecule has 25 heavy (non-hydrogen) atoms. The van der Waals surface area contributed by atoms with Crippen LogP contribution in [0.1, 0.15) is 38.5 Å². The molecule has 9 heteroatoms. The lowest BCUT2D eigenvalue weighted by Gasteiger charge is -2.23. The van der Waals surface area contributed by atoms with Crippen molar-refractivity contribution in [3.63, 3.8) is 0 Å². The summed E-state index contributed by atoms with van der Waals surface area (Å²) in [7, 11) is -2.14. The molecule has 1 amide bonds. The number of nitrogens with two attached hydrogens (primary N) is 1. The Morgan fingerprint density at radius 1 is 1.28 bits per heavy atom. The third kappa shape index (κ3) is 4.44. The summed E-state index contributed by atoms with van der Waals surface area (Å²) in [5.41, 5.74) is 5.58. The van der Waals surface area contributed by atoms with Crippen molar-refractivity contribution in [1.82, 2.24) is 4.72 Å². The maximum absolute atomic E-state index is 12.5. The van der Waals surface area contributed by atoms with Crippen LogP contribution in [0.5, 0.6) is 5.75 Å². The molecule has 7 nitrogen and oxygen atoms in total. The minimum Gasteiger partial charge on any atom is -0.495 e. The van der Waals surface area contributed by atoms with Crippen molar-refractivity contribution in [2.45, 2.75) is 55.0 Å². The highest BCUT2D eigenvalue weighted by molar-refractivity contribution is 7.89. The first-order chi connectivity index (χ1) is 11.3. The number of ether oxygens (including phenoxy) is 1. The summed E-state index contributed by atoms with van der Waals surface area (Å²) >= 11 is 0. The van der Waals surface area contributed by atoms with Crippen LogP contribution in [0.3, 0.4) is 0 Å². The van der Waals surface area contributed by atoms with Crippen LogP contribution in [0, 0.1) is 0 Å². The second-order valence-electron chi connectivity index (χ2n) is 6.58. The van der Waals surface area contributed by atoms with Crippen LogP contribution in [0.4, 0.5) is 5.69 Å². The van der Waals surface area contributed by atoms with E-state index in [1.807, 2.05) is 0 Å². The Hall–Kier alpha value is -1.35. The largest absolute Gasteiger partial charge is 0.495 e. The normalized spacial score (nSPS) is 19.1. The Bertz CT molecular complexity index is 744. The molecule has 2 aliphatic rings. The van der Waals surface area contributed by atoms with Gasteiger partial charge >= 0.3 is 0 Å². The highest BCUT2D eigenvalue weighted by Crippen LogP contribution is 2.32. The molecule has 140 valence electrons. The minimum absolute atomic E-state index is 0. The number of nitrogens with one attached hydrogen (secondary N) is 2. The Balaban J connectivity index is 0.00000225. The summed E-state index contributed by atoms with van der Waals surface area (Å²) in [6.07, 6.45) is 4.80. The topological polar surface area (TPSA) is 111 Å². The first-order valence-corrected chi connectivity index (χ1v) is 9.63. The van der Waals surface area contributed by atoms with Crippen LogP contribution >= 0.6 is 12.4 Å². The number of amides is 1. The average Bonchev–Trinajstić information content (AvgIpc) is 3.23. The number of anilines is 1. The lowest BCUT2D eigenvalue weighted by atomic mass is 9.98. The molecule has 0 bridgehead atoms. The van der Waals surface area contributed by atoms with Crippen molar-refractivity contribution in [3.05, 3.63) is 18.2 Å². The van der Waals surface area contributed by atoms with Gasteiger partial charge < -0.3 is 15.8 Å². The molecule has 0 saturated heterocycles. The van der Waals surface area contributed by atoms with Crippen LogP contribution in [-0.4, -0.2) is 33.0 Å². The number of rotatable bonds is 6. The Kier molecular flexibility index (Phi) is 5.98. The lowest BCUT2D eigenvalue weighted by Crippen LogP contribution is -2.48. The SMILES string of the molecule is COc1ccc(S(=O)(=O)NC2CC2)cc1NC(=O)C1(N)CCCC1.Cl. The predicted molar refractivity (Wildman–Crippen MR) is 97.6 cm³/mol. The van der Waals surface area contributed by atoms with Crippen molar-refractivity contribution < 1.29 is 17.9 Å². The van der Waals surface area contributed by atoms with Crippen molar-refractivity contribution in [3.8, 4) is 5.75 Å². The molecule has 0 aliphatic heterocycles. The molecule has 1 aromatic rings. The van der Waals surface area contributed by atoms with E-state index in [4.69, 9.17) is 10.5 Å². The summed E-state index contributed by atoms with van der Waals surface area (Å²) in [5.74, 6) is 0.0957. The second kappa shape index (κ2) is 7.49. The van der Waals surface area contributed by atoms with Gasteiger partial charge in [0.05, 0.1) is 23.2 Å². The monoisotopic (exact) mass is 389 g/mol. The molecule has 0 heterocycles. The van der Waals surface area contributed by atoms with Crippen molar-refractivity contribution in [1.29, 1.82) is 0 Å². The van der Waals surface area contributed by atoms with Crippen LogP contribution in [0.15, 0.2) is 23.1 Å². The van der Waals surface area contributed by atoms with Gasteiger partial charge in [0.2, 0.25) is 15.9 Å². The fourth-order valence-electron chi connectivity index (χ4n) is 2.92. The van der Waals surface area contributed by atoms with E-state index in [-0.39, 0.29) is 29.3 Å². The summed E-state index contributed by atoms with van der Waals surface area (Å²) < 4.78 is 32.6. The van der Waals surface area contributed by atoms with Crippen LogP contribution in [0.2, 0.25) is 0 Å². The second-order valence-corrected chi connectivity index (χ2v) is 8.29. The average molecular weight is 390 g/mol. The summed E-state index contributed by atoms with van der Waals surface area (Å²) in [4.78, 5) is 12.6. The van der Waals surface area contributed by atoms with E-state index in [0.29, 0.717) is 24.3 Å². The molecule has 0 unspecified atom stereocenters. The van der Waals surface area contributed by atoms with Gasteiger partial charge in [0.1, 0.15) is 5.75 Å². The molecular formula is C16H24ClN3O4S. The smallest absolute Gasteiger partial charge is 0.244 e. The Morgan fingerprint density at radius 3 is 2.48 bits per heavy atom. The third-order valence-electron chi connectivity index (χ3n) is 4.58. The molecule has 2 saturated carbocycles. The molecule has 2 aliphatic carbocycles. The summed E-state index contributed by atoms with van der Waals surface area (Å²) in [6.45, 7) is 0. The number of methoxy groups -OCH3 is 1. The fraction of sp³-hybridized carbons (Fsp3) is 0.562. The van der Waals surface area contributed by atoms with Gasteiger partial charge in [-0.15, -0.1) is 12.4 Å². The maximum atomic E-state index is 12.5. The van der Waals surface area contributed by atoms with Crippen LogP contribution in [0.25, 0.3) is 0 Å². The van der Waals surface area contributed by atoms with E-state index >= 15 is 0 Å². The minimum atomic E-state index is -3.60. The predicted octanol–water partition coefficient (Wildman–Crippen LogP) is 1.77. The molecule has 0 radical (unpaired) electrons. The van der Waals surface area contributed by atoms with Gasteiger partial charge in [-0.05, 0) is 43.9 Å². The molecule has 2 fully saturated rings. The Labute approximate surface area is 154 Å². The lowest BCUT2D eigenvalue weighted by molar-refractivity contribution is -0.121. The van der Waals surface area contributed by atoms with Crippen molar-refractivity contribution >= 4 is 34.0 Å². The van der Waals surface area contributed by atoms with E-state index in [1.54, 1.807) is 0 Å². The van der Waals surface area contributed by atoms with Gasteiger partial charge in [0.15, 0.2) is 0 Å². The number of carbonyl (C=O) groups is 1. The third-order valence-corrected chi connectivity index (χ3v) is 6.09. The van der Waals surface area contributed by atoms with E-state index in [1.165, 1.54) is 25.3 Å². The molecule has 0 spiro atoms. The standard InChI is InChI=1S/C16H23N3O4S.ClH/c1-23-14-7-6-12(24(21,22)19-11-4-5-11)10-13(14)18-15(20)16(17)8-2-3-9-16;/h6-7,10-11,19H,2-5,8-9,17H2,1H3,(H,18,20);1H. The molecule has 1 aromatic carbocycles. The zero-order valence-corrected chi connectivity index (χ0v) is 15.7. The van der Waals surface area contributed by atoms with Crippen LogP contribution < -0.4 is 20.5 Å². The molecule has 3 rings (SSSR count). The number of hydrogen-bond acceptors (Lipinski definition) is 5. The zero-order valence-electron chi connectivity index (χ0n) is 14.1. The first kappa shape index (κ1) is 20.0. The van der Waals surface area contributed by atoms with E-state index in [9.17, 15) is 13.2 Å². The molecule has 0 aromatic heterocycles. The number of halogens is 1. The first-order valence-electron chi connectivity index (χ1n) is 8.15. The number of carbonyl (C=O) groups excluding carboxylic acids is 1. The fourth-order valence-corrected chi connectivity index (χ4v) is 4.25. The van der Waals surface area contributed by atoms with Crippen molar-refractivity contribution in [2.24, 2.45) is 5.73 Å². The van der Waals surface area contributed by atoms with Gasteiger partial charge in [-0.3, -0.25) is 4.79 Å². The molecular weight excluding hydrogens is 366 g/mol. The van der Waals surface area contributed by atoms with Gasteiger partial charge in [-0.1, -0.05) is 12.8 Å². The number of hydrogen-bond donors (Lipinski definition) is 3. The van der Waals surface area contributed by atoms with Gasteiger partial charge in [0.25, 0.3) is 0 Å². The summed E-state index contributed by atoms with van der Waals surface area (Å²) in [6, 6.07) is 4.43. The van der Waals surface area contributed by atoms with Crippen LogP contribution in [-0.2, 0) is 14.8 Å². The molecule has 4 N–H and O–H groups in total. The van der Waals surface area contributed by atoms with E-state index in [0.717, 1.165) is 25.7 Å². The number of sulfonamides is 1. The Morgan fingerprint density at radius 2 is 1.92 bits per heavy atom. The van der Waals surface area contributed by atoms with Gasteiger partial charge in [0, 0.05) is 6.04 Å². The maximum Gasteiger partial charge on any atom is 0.244 e. The quantitative estimate of drug-likeness (QED) is 0.686. The summed E-state index contributed by atoms with van der Waals surface area (Å²) in [5, 5.41) is 2.74.